The number of carboxylic acid groups (broad SMARTS) is 1. The fourth-order valence-electron chi connectivity index (χ4n) is 2.95. The molecule has 1 aromatic carbocycles. The third kappa shape index (κ3) is 4.62. The van der Waals surface area contributed by atoms with Gasteiger partial charge >= 0.3 is 5.97 Å². The molecule has 0 bridgehead atoms. The summed E-state index contributed by atoms with van der Waals surface area (Å²) in [6.45, 7) is 4.37. The average Bonchev–Trinajstić information content (AvgIpc) is 2.41. The molecule has 1 saturated heterocycles. The number of rotatable bonds is 6. The highest BCUT2D eigenvalue weighted by atomic mass is 16.4. The third-order valence-corrected chi connectivity index (χ3v) is 3.88. The molecule has 110 valence electrons. The number of nitrogens with zero attached hydrogens (tertiary/aromatic N) is 1. The first-order chi connectivity index (χ1) is 9.67. The van der Waals surface area contributed by atoms with Crippen molar-refractivity contribution in [1.29, 1.82) is 0 Å². The normalized spacial score (nSPS) is 19.9. The lowest BCUT2D eigenvalue weighted by atomic mass is 9.97. The molecule has 4 nitrogen and oxygen atoms in total. The van der Waals surface area contributed by atoms with Crippen molar-refractivity contribution < 1.29 is 9.90 Å². The number of hydrogen-bond donors (Lipinski definition) is 2. The van der Waals surface area contributed by atoms with E-state index in [9.17, 15) is 4.79 Å². The molecule has 0 saturated carbocycles. The number of nitrogens with one attached hydrogen (secondary N) is 1. The van der Waals surface area contributed by atoms with Gasteiger partial charge in [0.05, 0.1) is 6.42 Å². The van der Waals surface area contributed by atoms with Gasteiger partial charge in [0.25, 0.3) is 0 Å². The third-order valence-electron chi connectivity index (χ3n) is 3.88. The first kappa shape index (κ1) is 15.0. The molecule has 1 aliphatic heterocycles. The molecule has 0 spiro atoms. The van der Waals surface area contributed by atoms with Gasteiger partial charge in [0.15, 0.2) is 0 Å². The van der Waals surface area contributed by atoms with Crippen molar-refractivity contribution in [1.82, 2.24) is 10.2 Å². The summed E-state index contributed by atoms with van der Waals surface area (Å²) in [7, 11) is 2.01. The summed E-state index contributed by atoms with van der Waals surface area (Å²) in [6.07, 6.45) is 2.69. The molecule has 1 heterocycles. The van der Waals surface area contributed by atoms with Crippen molar-refractivity contribution in [3.63, 3.8) is 0 Å². The van der Waals surface area contributed by atoms with E-state index < -0.39 is 5.97 Å². The Morgan fingerprint density at radius 3 is 2.70 bits per heavy atom. The van der Waals surface area contributed by atoms with Crippen molar-refractivity contribution in [3.05, 3.63) is 35.4 Å². The van der Waals surface area contributed by atoms with Crippen molar-refractivity contribution in [2.45, 2.75) is 25.8 Å². The first-order valence-corrected chi connectivity index (χ1v) is 7.34. The molecule has 4 heteroatoms. The van der Waals surface area contributed by atoms with E-state index in [1.165, 1.54) is 18.4 Å². The number of benzene rings is 1. The molecule has 1 unspecified atom stereocenters. The van der Waals surface area contributed by atoms with Crippen molar-refractivity contribution in [3.8, 4) is 0 Å². The molecule has 1 aliphatic rings. The molecule has 20 heavy (non-hydrogen) atoms. The second-order valence-electron chi connectivity index (χ2n) is 5.69. The van der Waals surface area contributed by atoms with Crippen LogP contribution in [0, 0.1) is 5.92 Å². The van der Waals surface area contributed by atoms with Gasteiger partial charge in [-0.05, 0) is 50.0 Å². The lowest BCUT2D eigenvalue weighted by Crippen LogP contribution is -2.38. The topological polar surface area (TPSA) is 52.6 Å². The van der Waals surface area contributed by atoms with Gasteiger partial charge in [0, 0.05) is 13.1 Å². The molecular weight excluding hydrogens is 252 g/mol. The minimum absolute atomic E-state index is 0.105. The van der Waals surface area contributed by atoms with Gasteiger partial charge in [0.2, 0.25) is 0 Å². The van der Waals surface area contributed by atoms with E-state index in [1.807, 2.05) is 19.2 Å². The van der Waals surface area contributed by atoms with Crippen LogP contribution in [0.15, 0.2) is 24.3 Å². The van der Waals surface area contributed by atoms with Crippen LogP contribution >= 0.6 is 0 Å². The Balaban J connectivity index is 1.87. The predicted molar refractivity (Wildman–Crippen MR) is 79.7 cm³/mol. The largest absolute Gasteiger partial charge is 0.481 e. The zero-order valence-electron chi connectivity index (χ0n) is 12.1. The van der Waals surface area contributed by atoms with Gasteiger partial charge in [-0.2, -0.15) is 0 Å². The summed E-state index contributed by atoms with van der Waals surface area (Å²) in [4.78, 5) is 13.2. The van der Waals surface area contributed by atoms with E-state index in [4.69, 9.17) is 5.11 Å². The van der Waals surface area contributed by atoms with Crippen LogP contribution in [0.4, 0.5) is 0 Å². The number of carbonyl (C=O) groups is 1. The molecule has 0 amide bonds. The fourth-order valence-corrected chi connectivity index (χ4v) is 2.95. The number of piperidine rings is 1. The lowest BCUT2D eigenvalue weighted by Gasteiger charge is -2.32. The van der Waals surface area contributed by atoms with Gasteiger partial charge in [-0.1, -0.05) is 24.3 Å². The Kier molecular flexibility index (Phi) is 5.56. The second-order valence-corrected chi connectivity index (χ2v) is 5.69. The van der Waals surface area contributed by atoms with Crippen LogP contribution in [-0.2, 0) is 17.8 Å². The standard InChI is InChI=1S/C16H24N2O2/c1-17-10-15-3-2-8-18(12-15)11-14-6-4-13(5-7-14)9-16(19)20/h4-7,15,17H,2-3,8-12H2,1H3,(H,19,20). The van der Waals surface area contributed by atoms with E-state index in [0.717, 1.165) is 37.7 Å². The summed E-state index contributed by atoms with van der Waals surface area (Å²) in [6, 6.07) is 7.97. The van der Waals surface area contributed by atoms with Crippen LogP contribution in [0.1, 0.15) is 24.0 Å². The highest BCUT2D eigenvalue weighted by molar-refractivity contribution is 5.70. The van der Waals surface area contributed by atoms with Crippen molar-refractivity contribution in [2.75, 3.05) is 26.7 Å². The average molecular weight is 276 g/mol. The molecule has 2 rings (SSSR count). The van der Waals surface area contributed by atoms with E-state index in [2.05, 4.69) is 22.3 Å². The van der Waals surface area contributed by atoms with Gasteiger partial charge in [-0.25, -0.2) is 0 Å². The van der Waals surface area contributed by atoms with Crippen molar-refractivity contribution >= 4 is 5.97 Å². The fraction of sp³-hybridized carbons (Fsp3) is 0.562. The first-order valence-electron chi connectivity index (χ1n) is 7.34. The zero-order valence-corrected chi connectivity index (χ0v) is 12.1. The van der Waals surface area contributed by atoms with Gasteiger partial charge in [0.1, 0.15) is 0 Å². The lowest BCUT2D eigenvalue weighted by molar-refractivity contribution is -0.136. The molecular formula is C16H24N2O2. The minimum atomic E-state index is -0.774. The smallest absolute Gasteiger partial charge is 0.307 e. The highest BCUT2D eigenvalue weighted by Crippen LogP contribution is 2.18. The molecule has 1 aromatic rings. The Morgan fingerprint density at radius 1 is 1.35 bits per heavy atom. The molecule has 1 fully saturated rings. The summed E-state index contributed by atoms with van der Waals surface area (Å²) >= 11 is 0. The molecule has 0 aromatic heterocycles. The number of carboxylic acids is 1. The van der Waals surface area contributed by atoms with E-state index in [0.29, 0.717) is 0 Å². The highest BCUT2D eigenvalue weighted by Gasteiger charge is 2.19. The van der Waals surface area contributed by atoms with Crippen molar-refractivity contribution in [2.24, 2.45) is 5.92 Å². The van der Waals surface area contributed by atoms with E-state index >= 15 is 0 Å². The Hall–Kier alpha value is -1.39. The van der Waals surface area contributed by atoms with Gasteiger partial charge < -0.3 is 10.4 Å². The second kappa shape index (κ2) is 7.41. The minimum Gasteiger partial charge on any atom is -0.481 e. The molecule has 0 radical (unpaired) electrons. The maximum Gasteiger partial charge on any atom is 0.307 e. The Morgan fingerprint density at radius 2 is 2.05 bits per heavy atom. The SMILES string of the molecule is CNCC1CCCN(Cc2ccc(CC(=O)O)cc2)C1. The molecule has 0 aliphatic carbocycles. The van der Waals surface area contributed by atoms with Crippen LogP contribution in [0.2, 0.25) is 0 Å². The Labute approximate surface area is 120 Å². The Bertz CT molecular complexity index is 429. The van der Waals surface area contributed by atoms with Gasteiger partial charge in [-0.3, -0.25) is 9.69 Å². The van der Waals surface area contributed by atoms with E-state index in [-0.39, 0.29) is 6.42 Å². The van der Waals surface area contributed by atoms with Crippen LogP contribution in [0.3, 0.4) is 0 Å². The molecule has 2 N–H and O–H groups in total. The monoisotopic (exact) mass is 276 g/mol. The van der Waals surface area contributed by atoms with E-state index in [1.54, 1.807) is 0 Å². The van der Waals surface area contributed by atoms with Crippen LogP contribution in [0.5, 0.6) is 0 Å². The summed E-state index contributed by atoms with van der Waals surface area (Å²) in [5.41, 5.74) is 2.14. The number of hydrogen-bond acceptors (Lipinski definition) is 3. The summed E-state index contributed by atoms with van der Waals surface area (Å²) < 4.78 is 0. The summed E-state index contributed by atoms with van der Waals surface area (Å²) in [5.74, 6) is -0.0243. The molecule has 1 atom stereocenters. The van der Waals surface area contributed by atoms with Gasteiger partial charge in [-0.15, -0.1) is 0 Å². The van der Waals surface area contributed by atoms with Crippen LogP contribution in [-0.4, -0.2) is 42.7 Å². The number of aliphatic carboxylic acids is 1. The maximum atomic E-state index is 10.7. The number of likely N-dealkylation sites (tertiary alicyclic amines) is 1. The van der Waals surface area contributed by atoms with Crippen LogP contribution in [0.25, 0.3) is 0 Å². The predicted octanol–water partition coefficient (Wildman–Crippen LogP) is 1.75. The van der Waals surface area contributed by atoms with Crippen LogP contribution < -0.4 is 5.32 Å². The maximum absolute atomic E-state index is 10.7. The summed E-state index contributed by atoms with van der Waals surface area (Å²) in [5, 5.41) is 12.0. The quantitative estimate of drug-likeness (QED) is 0.831. The zero-order chi connectivity index (χ0) is 14.4.